The predicted molar refractivity (Wildman–Crippen MR) is 45.3 cm³/mol. The third-order valence-electron chi connectivity index (χ3n) is 1.18. The second kappa shape index (κ2) is 5.49. The first-order valence-electron chi connectivity index (χ1n) is 3.53. The predicted octanol–water partition coefficient (Wildman–Crippen LogP) is 0.0664. The SMILES string of the molecule is CN(C)N=Nc1[nH]cnc1C(N)=O.[Pt]. The summed E-state index contributed by atoms with van der Waals surface area (Å²) in [6.07, 6.45) is 1.34. The van der Waals surface area contributed by atoms with Gasteiger partial charge in [-0.25, -0.2) is 4.98 Å². The molecule has 0 saturated carbocycles. The van der Waals surface area contributed by atoms with Crippen LogP contribution in [0.3, 0.4) is 0 Å². The molecule has 0 aliphatic rings. The third-order valence-corrected chi connectivity index (χ3v) is 1.18. The molecule has 8 heteroatoms. The van der Waals surface area contributed by atoms with Gasteiger partial charge in [0, 0.05) is 35.2 Å². The van der Waals surface area contributed by atoms with Gasteiger partial charge in [0.15, 0.2) is 11.5 Å². The van der Waals surface area contributed by atoms with Gasteiger partial charge in [-0.3, -0.25) is 9.80 Å². The Morgan fingerprint density at radius 1 is 1.64 bits per heavy atom. The van der Waals surface area contributed by atoms with E-state index in [-0.39, 0.29) is 32.6 Å². The summed E-state index contributed by atoms with van der Waals surface area (Å²) in [5.74, 6) is -0.366. The van der Waals surface area contributed by atoms with Crippen molar-refractivity contribution in [2.24, 2.45) is 16.1 Å². The van der Waals surface area contributed by atoms with Gasteiger partial charge >= 0.3 is 0 Å². The number of nitrogens with two attached hydrogens (primary N) is 1. The van der Waals surface area contributed by atoms with Crippen LogP contribution in [0.4, 0.5) is 5.82 Å². The first-order chi connectivity index (χ1) is 6.11. The number of aromatic amines is 1. The second-order valence-electron chi connectivity index (χ2n) is 2.50. The van der Waals surface area contributed by atoms with Crippen molar-refractivity contribution < 1.29 is 25.9 Å². The summed E-state index contributed by atoms with van der Waals surface area (Å²) < 4.78 is 0. The van der Waals surface area contributed by atoms with E-state index in [1.54, 1.807) is 14.1 Å². The fraction of sp³-hybridized carbons (Fsp3) is 0.333. The quantitative estimate of drug-likeness (QED) is 0.576. The van der Waals surface area contributed by atoms with E-state index in [4.69, 9.17) is 5.73 Å². The van der Waals surface area contributed by atoms with Crippen molar-refractivity contribution in [1.82, 2.24) is 15.0 Å². The van der Waals surface area contributed by atoms with Crippen LogP contribution in [-0.2, 0) is 21.1 Å². The fourth-order valence-electron chi connectivity index (χ4n) is 0.678. The van der Waals surface area contributed by atoms with E-state index in [1.165, 1.54) is 11.3 Å². The maximum absolute atomic E-state index is 10.8. The molecule has 1 rings (SSSR count). The molecule has 0 fully saturated rings. The monoisotopic (exact) mass is 377 g/mol. The number of primary amides is 1. The van der Waals surface area contributed by atoms with E-state index in [1.807, 2.05) is 0 Å². The number of aromatic nitrogens is 2. The van der Waals surface area contributed by atoms with E-state index < -0.39 is 5.91 Å². The van der Waals surface area contributed by atoms with E-state index in [0.29, 0.717) is 0 Å². The molecule has 0 spiro atoms. The molecule has 3 N–H and O–H groups in total. The Balaban J connectivity index is 0.00000169. The topological polar surface area (TPSA) is 99.7 Å². The first kappa shape index (κ1) is 12.8. The molecular formula is C6H10N6OPt. The molecular weight excluding hydrogens is 367 g/mol. The van der Waals surface area contributed by atoms with Crippen molar-refractivity contribution in [2.45, 2.75) is 0 Å². The van der Waals surface area contributed by atoms with Gasteiger partial charge in [-0.05, 0) is 0 Å². The second-order valence-corrected chi connectivity index (χ2v) is 2.50. The number of hydrogen-bond donors (Lipinski definition) is 2. The number of hydrogen-bond acceptors (Lipinski definition) is 4. The minimum atomic E-state index is -0.631. The molecule has 0 aliphatic carbocycles. The molecule has 14 heavy (non-hydrogen) atoms. The Kier molecular flexibility index (Phi) is 5.01. The summed E-state index contributed by atoms with van der Waals surface area (Å²) >= 11 is 0. The summed E-state index contributed by atoms with van der Waals surface area (Å²) in [7, 11) is 3.42. The molecule has 7 nitrogen and oxygen atoms in total. The van der Waals surface area contributed by atoms with E-state index in [9.17, 15) is 4.79 Å². The van der Waals surface area contributed by atoms with Crippen LogP contribution in [0.25, 0.3) is 0 Å². The molecule has 1 aromatic heterocycles. The van der Waals surface area contributed by atoms with Gasteiger partial charge < -0.3 is 10.7 Å². The van der Waals surface area contributed by atoms with Crippen molar-refractivity contribution in [3.8, 4) is 0 Å². The zero-order chi connectivity index (χ0) is 9.84. The van der Waals surface area contributed by atoms with Crippen LogP contribution in [0.5, 0.6) is 0 Å². The minimum absolute atomic E-state index is 0. The van der Waals surface area contributed by atoms with Crippen molar-refractivity contribution in [3.05, 3.63) is 12.0 Å². The number of nitrogens with one attached hydrogen (secondary N) is 1. The van der Waals surface area contributed by atoms with Crippen LogP contribution >= 0.6 is 0 Å². The molecule has 0 atom stereocenters. The van der Waals surface area contributed by atoms with E-state index in [0.717, 1.165) is 0 Å². The number of carbonyl (C=O) groups excluding carboxylic acids is 1. The van der Waals surface area contributed by atoms with Crippen LogP contribution in [0, 0.1) is 0 Å². The Labute approximate surface area is 95.0 Å². The molecule has 0 radical (unpaired) electrons. The van der Waals surface area contributed by atoms with Crippen molar-refractivity contribution in [3.63, 3.8) is 0 Å². The van der Waals surface area contributed by atoms with Gasteiger partial charge in [0.25, 0.3) is 5.91 Å². The van der Waals surface area contributed by atoms with Crippen LogP contribution in [0.1, 0.15) is 10.5 Å². The molecule has 0 unspecified atom stereocenters. The molecule has 1 amide bonds. The molecule has 0 aliphatic heterocycles. The molecule has 0 aromatic carbocycles. The molecule has 0 saturated heterocycles. The molecule has 80 valence electrons. The normalized spacial score (nSPS) is 9.86. The number of nitrogens with zero attached hydrogens (tertiary/aromatic N) is 4. The minimum Gasteiger partial charge on any atom is -0.364 e. The smallest absolute Gasteiger partial charge is 0.271 e. The van der Waals surface area contributed by atoms with Crippen molar-refractivity contribution in [1.29, 1.82) is 0 Å². The molecule has 0 bridgehead atoms. The Morgan fingerprint density at radius 2 is 2.29 bits per heavy atom. The zero-order valence-corrected chi connectivity index (χ0v) is 9.94. The number of rotatable bonds is 3. The maximum Gasteiger partial charge on any atom is 0.271 e. The Morgan fingerprint density at radius 3 is 2.79 bits per heavy atom. The fourth-order valence-corrected chi connectivity index (χ4v) is 0.678. The standard InChI is InChI=1S/C6H10N6O.Pt/c1-12(2)11-10-6-4(5(7)13)8-3-9-6;/h3H,1-2H3,(H2,7,13)(H,8,9);. The van der Waals surface area contributed by atoms with Gasteiger partial charge in [-0.2, -0.15) is 0 Å². The summed E-state index contributed by atoms with van der Waals surface area (Å²) in [6.45, 7) is 0. The first-order valence-corrected chi connectivity index (χ1v) is 3.53. The van der Waals surface area contributed by atoms with E-state index >= 15 is 0 Å². The van der Waals surface area contributed by atoms with E-state index in [2.05, 4.69) is 20.3 Å². The van der Waals surface area contributed by atoms with Crippen molar-refractivity contribution in [2.75, 3.05) is 14.1 Å². The summed E-state index contributed by atoms with van der Waals surface area (Å²) in [6, 6.07) is 0. The zero-order valence-electron chi connectivity index (χ0n) is 7.67. The number of H-pyrrole nitrogens is 1. The average molecular weight is 377 g/mol. The summed E-state index contributed by atoms with van der Waals surface area (Å²) in [5.41, 5.74) is 5.12. The summed E-state index contributed by atoms with van der Waals surface area (Å²) in [4.78, 5) is 17.1. The molecule has 1 heterocycles. The van der Waals surface area contributed by atoms with Gasteiger partial charge in [0.1, 0.15) is 0 Å². The Bertz CT molecular complexity index is 333. The van der Waals surface area contributed by atoms with Crippen LogP contribution in [0.2, 0.25) is 0 Å². The average Bonchev–Trinajstić information content (AvgIpc) is 2.47. The van der Waals surface area contributed by atoms with Gasteiger partial charge in [-0.15, -0.1) is 5.11 Å². The van der Waals surface area contributed by atoms with Crippen LogP contribution in [0.15, 0.2) is 16.7 Å². The molecule has 1 aromatic rings. The number of amides is 1. The van der Waals surface area contributed by atoms with Crippen LogP contribution < -0.4 is 5.73 Å². The van der Waals surface area contributed by atoms with Crippen LogP contribution in [-0.4, -0.2) is 35.0 Å². The maximum atomic E-state index is 10.8. The van der Waals surface area contributed by atoms with Gasteiger partial charge in [-0.1, -0.05) is 5.22 Å². The number of carbonyl (C=O) groups is 1. The number of imidazole rings is 1. The largest absolute Gasteiger partial charge is 0.364 e. The van der Waals surface area contributed by atoms with Crippen molar-refractivity contribution >= 4 is 11.7 Å². The third kappa shape index (κ3) is 3.25. The van der Waals surface area contributed by atoms with Gasteiger partial charge in [0.05, 0.1) is 6.33 Å². The summed E-state index contributed by atoms with van der Waals surface area (Å²) in [5, 5.41) is 8.90. The Hall–Kier alpha value is -1.23. The van der Waals surface area contributed by atoms with Gasteiger partial charge in [0.2, 0.25) is 0 Å².